The molecule has 32 heavy (non-hydrogen) atoms. The number of methoxy groups -OCH3 is 3. The molecule has 0 bridgehead atoms. The van der Waals surface area contributed by atoms with Crippen LogP contribution in [-0.2, 0) is 13.2 Å². The van der Waals surface area contributed by atoms with E-state index in [0.717, 1.165) is 16.7 Å². The number of nitriles is 1. The molecule has 0 atom stereocenters. The van der Waals surface area contributed by atoms with Crippen LogP contribution in [0.15, 0.2) is 65.8 Å². The summed E-state index contributed by atoms with van der Waals surface area (Å²) in [5.41, 5.74) is 6.30. The second-order valence-electron chi connectivity index (χ2n) is 6.75. The summed E-state index contributed by atoms with van der Waals surface area (Å²) in [6, 6.07) is 20.8. The van der Waals surface area contributed by atoms with Crippen LogP contribution in [0.3, 0.4) is 0 Å². The number of ether oxygens (including phenoxy) is 4. The molecule has 0 saturated carbocycles. The Bertz CT molecular complexity index is 1120. The lowest BCUT2D eigenvalue weighted by molar-refractivity contribution is 0.284. The average Bonchev–Trinajstić information content (AvgIpc) is 2.85. The van der Waals surface area contributed by atoms with Crippen molar-refractivity contribution >= 4 is 6.21 Å². The fraction of sp³-hybridized carbons (Fsp3) is 0.200. The Morgan fingerprint density at radius 1 is 0.875 bits per heavy atom. The van der Waals surface area contributed by atoms with E-state index in [0.29, 0.717) is 35.1 Å². The zero-order valence-corrected chi connectivity index (χ0v) is 18.3. The van der Waals surface area contributed by atoms with Crippen molar-refractivity contribution in [2.24, 2.45) is 5.10 Å². The third-order valence-corrected chi connectivity index (χ3v) is 4.74. The Balaban J connectivity index is 1.60. The van der Waals surface area contributed by atoms with Gasteiger partial charge in [0.1, 0.15) is 6.61 Å². The maximum absolute atomic E-state index is 9.22. The molecule has 0 aliphatic rings. The highest BCUT2D eigenvalue weighted by Crippen LogP contribution is 2.29. The molecule has 0 spiro atoms. The standard InChI is InChI=1S/C25H25N3O4/c1-29-22-10-8-18(12-24(22)30-2)15-27-28-16-19-9-11-23(25(13-19)31-3)32-17-21-7-5-4-6-20(21)14-26/h4-13,16,27H,15,17H2,1-3H3/b28-16-. The third-order valence-electron chi connectivity index (χ3n) is 4.74. The summed E-state index contributed by atoms with van der Waals surface area (Å²) in [5.74, 6) is 2.54. The number of hydrazone groups is 1. The molecule has 164 valence electrons. The smallest absolute Gasteiger partial charge is 0.161 e. The van der Waals surface area contributed by atoms with Gasteiger partial charge in [-0.2, -0.15) is 10.4 Å². The first-order chi connectivity index (χ1) is 15.7. The number of nitrogens with one attached hydrogen (secondary N) is 1. The molecule has 7 nitrogen and oxygen atoms in total. The third kappa shape index (κ3) is 5.70. The normalized spacial score (nSPS) is 10.4. The van der Waals surface area contributed by atoms with Gasteiger partial charge in [0.2, 0.25) is 0 Å². The molecule has 7 heteroatoms. The Kier molecular flexibility index (Phi) is 7.93. The van der Waals surface area contributed by atoms with Crippen molar-refractivity contribution < 1.29 is 18.9 Å². The lowest BCUT2D eigenvalue weighted by atomic mass is 10.1. The summed E-state index contributed by atoms with van der Waals surface area (Å²) in [4.78, 5) is 0. The minimum Gasteiger partial charge on any atom is -0.493 e. The molecule has 3 aromatic carbocycles. The minimum absolute atomic E-state index is 0.278. The summed E-state index contributed by atoms with van der Waals surface area (Å²) in [7, 11) is 4.80. The average molecular weight is 431 g/mol. The van der Waals surface area contributed by atoms with Crippen LogP contribution in [-0.4, -0.2) is 27.5 Å². The number of rotatable bonds is 10. The van der Waals surface area contributed by atoms with Gasteiger partial charge in [0.05, 0.1) is 45.7 Å². The van der Waals surface area contributed by atoms with Crippen LogP contribution in [0.1, 0.15) is 22.3 Å². The van der Waals surface area contributed by atoms with Crippen LogP contribution in [0.2, 0.25) is 0 Å². The molecule has 0 aliphatic carbocycles. The SMILES string of the molecule is COc1ccc(CN/N=C\c2ccc(OCc3ccccc3C#N)c(OC)c2)cc1OC. The van der Waals surface area contributed by atoms with E-state index in [4.69, 9.17) is 18.9 Å². The van der Waals surface area contributed by atoms with Crippen molar-refractivity contribution in [3.8, 4) is 29.1 Å². The van der Waals surface area contributed by atoms with Crippen LogP contribution in [0, 0.1) is 11.3 Å². The Morgan fingerprint density at radius 2 is 1.59 bits per heavy atom. The monoisotopic (exact) mass is 431 g/mol. The van der Waals surface area contributed by atoms with Gasteiger partial charge in [-0.15, -0.1) is 0 Å². The molecule has 0 heterocycles. The van der Waals surface area contributed by atoms with Crippen LogP contribution >= 0.6 is 0 Å². The van der Waals surface area contributed by atoms with Crippen molar-refractivity contribution in [2.45, 2.75) is 13.2 Å². The molecule has 0 aromatic heterocycles. The molecule has 0 radical (unpaired) electrons. The summed E-state index contributed by atoms with van der Waals surface area (Å²) < 4.78 is 21.9. The van der Waals surface area contributed by atoms with Gasteiger partial charge in [-0.05, 0) is 47.5 Å². The first-order valence-corrected chi connectivity index (χ1v) is 9.94. The maximum Gasteiger partial charge on any atom is 0.161 e. The van der Waals surface area contributed by atoms with E-state index in [1.807, 2.05) is 54.6 Å². The number of hydrogen-bond acceptors (Lipinski definition) is 7. The fourth-order valence-electron chi connectivity index (χ4n) is 3.04. The predicted molar refractivity (Wildman–Crippen MR) is 122 cm³/mol. The van der Waals surface area contributed by atoms with E-state index < -0.39 is 0 Å². The zero-order chi connectivity index (χ0) is 22.8. The van der Waals surface area contributed by atoms with Crippen LogP contribution < -0.4 is 24.4 Å². The van der Waals surface area contributed by atoms with Crippen LogP contribution in [0.5, 0.6) is 23.0 Å². The highest BCUT2D eigenvalue weighted by atomic mass is 16.5. The maximum atomic E-state index is 9.22. The number of benzene rings is 3. The zero-order valence-electron chi connectivity index (χ0n) is 18.3. The second kappa shape index (κ2) is 11.3. The lowest BCUT2D eigenvalue weighted by Crippen LogP contribution is -2.06. The summed E-state index contributed by atoms with van der Waals surface area (Å²) in [6.07, 6.45) is 1.71. The molecule has 0 aliphatic heterocycles. The van der Waals surface area contributed by atoms with Crippen LogP contribution in [0.4, 0.5) is 0 Å². The van der Waals surface area contributed by atoms with E-state index in [9.17, 15) is 5.26 Å². The molecule has 3 aromatic rings. The quantitative estimate of drug-likeness (QED) is 0.381. The minimum atomic E-state index is 0.278. The molecular weight excluding hydrogens is 406 g/mol. The van der Waals surface area contributed by atoms with Gasteiger partial charge in [0.25, 0.3) is 0 Å². The van der Waals surface area contributed by atoms with E-state index in [1.54, 1.807) is 33.6 Å². The first-order valence-electron chi connectivity index (χ1n) is 9.94. The van der Waals surface area contributed by atoms with Gasteiger partial charge < -0.3 is 24.4 Å². The largest absolute Gasteiger partial charge is 0.493 e. The molecule has 0 unspecified atom stereocenters. The van der Waals surface area contributed by atoms with E-state index >= 15 is 0 Å². The van der Waals surface area contributed by atoms with Gasteiger partial charge in [-0.3, -0.25) is 0 Å². The van der Waals surface area contributed by atoms with Gasteiger partial charge in [-0.1, -0.05) is 24.3 Å². The number of hydrogen-bond donors (Lipinski definition) is 1. The summed E-state index contributed by atoms with van der Waals surface area (Å²) in [6.45, 7) is 0.813. The Hall–Kier alpha value is -4.18. The lowest BCUT2D eigenvalue weighted by Gasteiger charge is -2.12. The number of nitrogens with zero attached hydrogens (tertiary/aromatic N) is 2. The molecule has 0 amide bonds. The molecule has 0 saturated heterocycles. The van der Waals surface area contributed by atoms with Gasteiger partial charge in [0, 0.05) is 5.56 Å². The van der Waals surface area contributed by atoms with Crippen LogP contribution in [0.25, 0.3) is 0 Å². The second-order valence-corrected chi connectivity index (χ2v) is 6.75. The van der Waals surface area contributed by atoms with Crippen molar-refractivity contribution in [1.29, 1.82) is 5.26 Å². The summed E-state index contributed by atoms with van der Waals surface area (Å²) in [5, 5.41) is 13.5. The fourth-order valence-corrected chi connectivity index (χ4v) is 3.04. The summed E-state index contributed by atoms with van der Waals surface area (Å²) >= 11 is 0. The van der Waals surface area contributed by atoms with E-state index in [1.165, 1.54) is 0 Å². The highest BCUT2D eigenvalue weighted by Gasteiger charge is 2.08. The predicted octanol–water partition coefficient (Wildman–Crippen LogP) is 4.29. The molecule has 1 N–H and O–H groups in total. The van der Waals surface area contributed by atoms with Gasteiger partial charge in [0.15, 0.2) is 23.0 Å². The highest BCUT2D eigenvalue weighted by molar-refractivity contribution is 5.80. The van der Waals surface area contributed by atoms with E-state index in [-0.39, 0.29) is 6.61 Å². The molecule has 3 rings (SSSR count). The first kappa shape index (κ1) is 22.5. The molecular formula is C25H25N3O4. The van der Waals surface area contributed by atoms with Crippen molar-refractivity contribution in [1.82, 2.24) is 5.43 Å². The van der Waals surface area contributed by atoms with Gasteiger partial charge >= 0.3 is 0 Å². The topological polar surface area (TPSA) is 85.1 Å². The van der Waals surface area contributed by atoms with Crippen molar-refractivity contribution in [3.05, 3.63) is 82.9 Å². The molecule has 0 fully saturated rings. The Labute approximate surface area is 187 Å². The Morgan fingerprint density at radius 3 is 2.34 bits per heavy atom. The van der Waals surface area contributed by atoms with Crippen molar-refractivity contribution in [2.75, 3.05) is 21.3 Å². The van der Waals surface area contributed by atoms with Crippen molar-refractivity contribution in [3.63, 3.8) is 0 Å². The van der Waals surface area contributed by atoms with E-state index in [2.05, 4.69) is 16.6 Å². The van der Waals surface area contributed by atoms with Gasteiger partial charge in [-0.25, -0.2) is 0 Å².